The summed E-state index contributed by atoms with van der Waals surface area (Å²) < 4.78 is 0. The van der Waals surface area contributed by atoms with E-state index in [4.69, 9.17) is 0 Å². The average Bonchev–Trinajstić information content (AvgIpc) is 2.31. The molecular formula is C12H11N3O. The maximum atomic E-state index is 11.8. The molecule has 0 spiro atoms. The van der Waals surface area contributed by atoms with Gasteiger partial charge in [0, 0.05) is 30.0 Å². The molecule has 0 saturated heterocycles. The Kier molecular flexibility index (Phi) is 2.91. The second-order valence-corrected chi connectivity index (χ2v) is 3.38. The monoisotopic (exact) mass is 213 g/mol. The van der Waals surface area contributed by atoms with E-state index in [1.165, 1.54) is 0 Å². The smallest absolute Gasteiger partial charge is 0.257 e. The molecule has 2 aromatic heterocycles. The molecule has 0 unspecified atom stereocenters. The van der Waals surface area contributed by atoms with Crippen LogP contribution in [0, 0.1) is 6.92 Å². The zero-order valence-electron chi connectivity index (χ0n) is 8.84. The fraction of sp³-hybridized carbons (Fsp3) is 0.0833. The molecule has 80 valence electrons. The lowest BCUT2D eigenvalue weighted by Gasteiger charge is -2.04. The van der Waals surface area contributed by atoms with Crippen molar-refractivity contribution in [2.45, 2.75) is 6.92 Å². The van der Waals surface area contributed by atoms with Gasteiger partial charge >= 0.3 is 0 Å². The number of nitrogens with one attached hydrogen (secondary N) is 1. The summed E-state index contributed by atoms with van der Waals surface area (Å²) in [6.07, 6.45) is 4.82. The quantitative estimate of drug-likeness (QED) is 0.830. The van der Waals surface area contributed by atoms with E-state index in [9.17, 15) is 4.79 Å². The maximum absolute atomic E-state index is 11.8. The Morgan fingerprint density at radius 2 is 1.94 bits per heavy atom. The summed E-state index contributed by atoms with van der Waals surface area (Å²) in [7, 11) is 0. The highest BCUT2D eigenvalue weighted by Gasteiger charge is 2.05. The number of hydrogen-bond acceptors (Lipinski definition) is 3. The van der Waals surface area contributed by atoms with Gasteiger partial charge in [-0.05, 0) is 31.2 Å². The van der Waals surface area contributed by atoms with Crippen molar-refractivity contribution in [1.29, 1.82) is 0 Å². The van der Waals surface area contributed by atoms with Crippen LogP contribution < -0.4 is 5.32 Å². The van der Waals surface area contributed by atoms with Crippen molar-refractivity contribution in [2.24, 2.45) is 0 Å². The summed E-state index contributed by atoms with van der Waals surface area (Å²) >= 11 is 0. The second-order valence-electron chi connectivity index (χ2n) is 3.38. The van der Waals surface area contributed by atoms with Gasteiger partial charge in [0.15, 0.2) is 0 Å². The maximum Gasteiger partial charge on any atom is 0.257 e. The number of aromatic nitrogens is 2. The van der Waals surface area contributed by atoms with Gasteiger partial charge in [0.1, 0.15) is 0 Å². The third-order valence-electron chi connectivity index (χ3n) is 2.11. The normalized spacial score (nSPS) is 9.81. The van der Waals surface area contributed by atoms with Crippen LogP contribution in [0.15, 0.2) is 42.9 Å². The highest BCUT2D eigenvalue weighted by Crippen LogP contribution is 2.07. The van der Waals surface area contributed by atoms with Crippen LogP contribution in [-0.2, 0) is 0 Å². The second kappa shape index (κ2) is 4.53. The van der Waals surface area contributed by atoms with Crippen molar-refractivity contribution in [3.05, 3.63) is 54.1 Å². The fourth-order valence-electron chi connectivity index (χ4n) is 1.24. The lowest BCUT2D eigenvalue weighted by molar-refractivity contribution is 0.102. The number of carbonyl (C=O) groups excluding carboxylic acids is 1. The van der Waals surface area contributed by atoms with Gasteiger partial charge in [0.05, 0.1) is 5.56 Å². The largest absolute Gasteiger partial charge is 0.322 e. The van der Waals surface area contributed by atoms with Crippen molar-refractivity contribution in [3.8, 4) is 0 Å². The van der Waals surface area contributed by atoms with Crippen LogP contribution in [0.3, 0.4) is 0 Å². The highest BCUT2D eigenvalue weighted by atomic mass is 16.1. The van der Waals surface area contributed by atoms with Crippen LogP contribution in [0.5, 0.6) is 0 Å². The molecule has 1 N–H and O–H groups in total. The van der Waals surface area contributed by atoms with E-state index in [1.807, 2.05) is 13.0 Å². The van der Waals surface area contributed by atoms with Crippen LogP contribution in [0.25, 0.3) is 0 Å². The predicted octanol–water partition coefficient (Wildman–Crippen LogP) is 2.04. The van der Waals surface area contributed by atoms with Crippen LogP contribution in [0.4, 0.5) is 5.69 Å². The Balaban J connectivity index is 2.12. The van der Waals surface area contributed by atoms with E-state index in [0.717, 1.165) is 11.4 Å². The van der Waals surface area contributed by atoms with Crippen LogP contribution in [0.1, 0.15) is 16.1 Å². The lowest BCUT2D eigenvalue weighted by Crippen LogP contribution is -2.12. The molecule has 2 aromatic rings. The molecule has 0 radical (unpaired) electrons. The molecule has 0 atom stereocenters. The predicted molar refractivity (Wildman–Crippen MR) is 61.2 cm³/mol. The molecule has 0 aliphatic rings. The standard InChI is InChI=1S/C12H11N3O/c1-9-2-3-10(8-14-9)12(16)15-11-4-6-13-7-5-11/h2-8H,1H3,(H,13,15,16). The number of carbonyl (C=O) groups is 1. The summed E-state index contributed by atoms with van der Waals surface area (Å²) in [5.41, 5.74) is 2.16. The first-order valence-electron chi connectivity index (χ1n) is 4.90. The molecule has 0 saturated carbocycles. The first-order valence-corrected chi connectivity index (χ1v) is 4.90. The van der Waals surface area contributed by atoms with E-state index in [0.29, 0.717) is 5.56 Å². The van der Waals surface area contributed by atoms with Gasteiger partial charge in [-0.25, -0.2) is 0 Å². The van der Waals surface area contributed by atoms with Crippen LogP contribution in [0.2, 0.25) is 0 Å². The lowest BCUT2D eigenvalue weighted by atomic mass is 10.2. The minimum Gasteiger partial charge on any atom is -0.322 e. The molecular weight excluding hydrogens is 202 g/mol. The first kappa shape index (κ1) is 10.3. The average molecular weight is 213 g/mol. The van der Waals surface area contributed by atoms with Gasteiger partial charge in [-0.1, -0.05) is 0 Å². The van der Waals surface area contributed by atoms with Gasteiger partial charge in [0.2, 0.25) is 0 Å². The van der Waals surface area contributed by atoms with Gasteiger partial charge < -0.3 is 5.32 Å². The van der Waals surface area contributed by atoms with Crippen LogP contribution >= 0.6 is 0 Å². The molecule has 4 heteroatoms. The number of hydrogen-bond donors (Lipinski definition) is 1. The molecule has 0 aromatic carbocycles. The Hall–Kier alpha value is -2.23. The highest BCUT2D eigenvalue weighted by molar-refractivity contribution is 6.03. The molecule has 0 aliphatic carbocycles. The van der Waals surface area contributed by atoms with E-state index >= 15 is 0 Å². The minimum atomic E-state index is -0.168. The first-order chi connectivity index (χ1) is 7.75. The zero-order valence-corrected chi connectivity index (χ0v) is 8.84. The SMILES string of the molecule is Cc1ccc(C(=O)Nc2ccncc2)cn1. The number of nitrogens with zero attached hydrogens (tertiary/aromatic N) is 2. The van der Waals surface area contributed by atoms with Crippen molar-refractivity contribution in [3.63, 3.8) is 0 Å². The molecule has 2 rings (SSSR count). The fourth-order valence-corrected chi connectivity index (χ4v) is 1.24. The topological polar surface area (TPSA) is 54.9 Å². The molecule has 16 heavy (non-hydrogen) atoms. The van der Waals surface area contributed by atoms with Gasteiger partial charge in [0.25, 0.3) is 5.91 Å². The van der Waals surface area contributed by atoms with E-state index in [1.54, 1.807) is 36.8 Å². The Morgan fingerprint density at radius 1 is 1.19 bits per heavy atom. The van der Waals surface area contributed by atoms with E-state index in [2.05, 4.69) is 15.3 Å². The number of amides is 1. The summed E-state index contributed by atoms with van der Waals surface area (Å²) in [4.78, 5) is 19.7. The number of rotatable bonds is 2. The van der Waals surface area contributed by atoms with Gasteiger partial charge in [-0.2, -0.15) is 0 Å². The molecule has 0 aliphatic heterocycles. The molecule has 4 nitrogen and oxygen atoms in total. The zero-order chi connectivity index (χ0) is 11.4. The third-order valence-corrected chi connectivity index (χ3v) is 2.11. The van der Waals surface area contributed by atoms with E-state index < -0.39 is 0 Å². The summed E-state index contributed by atoms with van der Waals surface area (Å²) in [6.45, 7) is 1.88. The van der Waals surface area contributed by atoms with Crippen molar-refractivity contribution in [2.75, 3.05) is 5.32 Å². The number of anilines is 1. The van der Waals surface area contributed by atoms with Crippen molar-refractivity contribution >= 4 is 11.6 Å². The number of pyridine rings is 2. The minimum absolute atomic E-state index is 0.168. The van der Waals surface area contributed by atoms with Gasteiger partial charge in [-0.3, -0.25) is 14.8 Å². The van der Waals surface area contributed by atoms with Crippen molar-refractivity contribution < 1.29 is 4.79 Å². The molecule has 2 heterocycles. The molecule has 0 bridgehead atoms. The summed E-state index contributed by atoms with van der Waals surface area (Å²) in [6, 6.07) is 7.03. The Morgan fingerprint density at radius 3 is 2.56 bits per heavy atom. The van der Waals surface area contributed by atoms with Gasteiger partial charge in [-0.15, -0.1) is 0 Å². The summed E-state index contributed by atoms with van der Waals surface area (Å²) in [5, 5.41) is 2.76. The summed E-state index contributed by atoms with van der Waals surface area (Å²) in [5.74, 6) is -0.168. The molecule has 1 amide bonds. The van der Waals surface area contributed by atoms with E-state index in [-0.39, 0.29) is 5.91 Å². The Bertz CT molecular complexity index is 479. The third kappa shape index (κ3) is 2.42. The molecule has 0 fully saturated rings. The van der Waals surface area contributed by atoms with Crippen LogP contribution in [-0.4, -0.2) is 15.9 Å². The van der Waals surface area contributed by atoms with Crippen molar-refractivity contribution in [1.82, 2.24) is 9.97 Å². The Labute approximate surface area is 93.4 Å². The number of aryl methyl sites for hydroxylation is 1.